The zero-order valence-electron chi connectivity index (χ0n) is 10.7. The molecule has 0 spiro atoms. The average Bonchev–Trinajstić information content (AvgIpc) is 2.74. The number of nitrogens with zero attached hydrogens (tertiary/aromatic N) is 2. The number of benzene rings is 1. The van der Waals surface area contributed by atoms with E-state index in [1.165, 1.54) is 22.6 Å². The number of hydrogen-bond donors (Lipinski definition) is 1. The minimum atomic E-state index is 0.588. The van der Waals surface area contributed by atoms with Gasteiger partial charge in [0.2, 0.25) is 0 Å². The lowest BCUT2D eigenvalue weighted by molar-refractivity contribution is 1.12. The van der Waals surface area contributed by atoms with E-state index in [1.807, 2.05) is 20.3 Å². The molecule has 1 aromatic carbocycles. The van der Waals surface area contributed by atoms with Crippen molar-refractivity contribution in [1.29, 1.82) is 0 Å². The summed E-state index contributed by atoms with van der Waals surface area (Å²) >= 11 is 7.32. The number of anilines is 2. The average molecular weight is 282 g/mol. The fourth-order valence-corrected chi connectivity index (χ4v) is 2.54. The monoisotopic (exact) mass is 281 g/mol. The van der Waals surface area contributed by atoms with Crippen molar-refractivity contribution in [2.45, 2.75) is 13.5 Å². The first-order chi connectivity index (χ1) is 8.56. The molecule has 3 nitrogen and oxygen atoms in total. The molecule has 2 rings (SSSR count). The van der Waals surface area contributed by atoms with Gasteiger partial charge in [-0.1, -0.05) is 17.7 Å². The number of hydrogen-bond acceptors (Lipinski definition) is 4. The SMILES string of the molecule is Cc1ccc(N(C)C)cc1NCc1cnc(Cl)s1. The van der Waals surface area contributed by atoms with Crippen LogP contribution in [0, 0.1) is 6.92 Å². The van der Waals surface area contributed by atoms with E-state index in [4.69, 9.17) is 11.6 Å². The highest BCUT2D eigenvalue weighted by Crippen LogP contribution is 2.24. The lowest BCUT2D eigenvalue weighted by atomic mass is 10.1. The van der Waals surface area contributed by atoms with E-state index >= 15 is 0 Å². The van der Waals surface area contributed by atoms with E-state index in [1.54, 1.807) is 0 Å². The molecule has 0 aliphatic heterocycles. The lowest BCUT2D eigenvalue weighted by Crippen LogP contribution is -2.09. The van der Waals surface area contributed by atoms with Gasteiger partial charge in [-0.25, -0.2) is 4.98 Å². The van der Waals surface area contributed by atoms with Gasteiger partial charge in [-0.15, -0.1) is 11.3 Å². The molecule has 0 atom stereocenters. The molecule has 18 heavy (non-hydrogen) atoms. The Bertz CT molecular complexity index is 537. The number of rotatable bonds is 4. The topological polar surface area (TPSA) is 28.2 Å². The highest BCUT2D eigenvalue weighted by molar-refractivity contribution is 7.15. The Kier molecular flexibility index (Phi) is 4.09. The van der Waals surface area contributed by atoms with Crippen molar-refractivity contribution in [2.24, 2.45) is 0 Å². The fraction of sp³-hybridized carbons (Fsp3) is 0.308. The summed E-state index contributed by atoms with van der Waals surface area (Å²) in [5, 5.41) is 3.42. The predicted molar refractivity (Wildman–Crippen MR) is 80.0 cm³/mol. The minimum absolute atomic E-state index is 0.588. The molecule has 1 aromatic heterocycles. The van der Waals surface area contributed by atoms with E-state index in [0.717, 1.165) is 17.1 Å². The molecule has 0 aliphatic carbocycles. The first kappa shape index (κ1) is 13.2. The normalized spacial score (nSPS) is 10.4. The third-order valence-corrected chi connectivity index (χ3v) is 3.83. The molecule has 0 bridgehead atoms. The van der Waals surface area contributed by atoms with Gasteiger partial charge < -0.3 is 10.2 Å². The molecule has 0 radical (unpaired) electrons. The molecule has 2 aromatic rings. The third-order valence-electron chi connectivity index (χ3n) is 2.72. The molecular formula is C13H16ClN3S. The van der Waals surface area contributed by atoms with Crippen molar-refractivity contribution in [1.82, 2.24) is 4.98 Å². The van der Waals surface area contributed by atoms with Crippen LogP contribution in [-0.2, 0) is 6.54 Å². The van der Waals surface area contributed by atoms with Crippen LogP contribution >= 0.6 is 22.9 Å². The van der Waals surface area contributed by atoms with E-state index in [0.29, 0.717) is 4.47 Å². The minimum Gasteiger partial charge on any atom is -0.380 e. The van der Waals surface area contributed by atoms with E-state index in [9.17, 15) is 0 Å². The molecule has 0 aliphatic rings. The van der Waals surface area contributed by atoms with E-state index in [2.05, 4.69) is 40.3 Å². The van der Waals surface area contributed by atoms with Crippen LogP contribution in [0.25, 0.3) is 0 Å². The molecule has 0 fully saturated rings. The smallest absolute Gasteiger partial charge is 0.183 e. The summed E-state index contributed by atoms with van der Waals surface area (Å²) < 4.78 is 0.588. The van der Waals surface area contributed by atoms with Gasteiger partial charge in [0.25, 0.3) is 0 Å². The van der Waals surface area contributed by atoms with Crippen LogP contribution < -0.4 is 10.2 Å². The van der Waals surface area contributed by atoms with Crippen molar-refractivity contribution in [3.63, 3.8) is 0 Å². The first-order valence-corrected chi connectivity index (χ1v) is 6.88. The zero-order valence-corrected chi connectivity index (χ0v) is 12.3. The Morgan fingerprint density at radius 1 is 1.39 bits per heavy atom. The summed E-state index contributed by atoms with van der Waals surface area (Å²) in [6, 6.07) is 6.39. The Labute approximate surface area is 116 Å². The summed E-state index contributed by atoms with van der Waals surface area (Å²) in [6.45, 7) is 2.85. The number of aromatic nitrogens is 1. The summed E-state index contributed by atoms with van der Waals surface area (Å²) in [6.07, 6.45) is 1.81. The molecule has 1 heterocycles. The Morgan fingerprint density at radius 3 is 2.78 bits per heavy atom. The molecule has 1 N–H and O–H groups in total. The van der Waals surface area contributed by atoms with Crippen LogP contribution in [0.15, 0.2) is 24.4 Å². The Balaban J connectivity index is 2.10. The van der Waals surface area contributed by atoms with Crippen molar-refractivity contribution in [3.8, 4) is 0 Å². The number of halogens is 1. The molecule has 0 saturated heterocycles. The van der Waals surface area contributed by atoms with Gasteiger partial charge >= 0.3 is 0 Å². The quantitative estimate of drug-likeness (QED) is 0.924. The largest absolute Gasteiger partial charge is 0.380 e. The fourth-order valence-electron chi connectivity index (χ4n) is 1.63. The van der Waals surface area contributed by atoms with Crippen molar-refractivity contribution < 1.29 is 0 Å². The van der Waals surface area contributed by atoms with E-state index < -0.39 is 0 Å². The van der Waals surface area contributed by atoms with Crippen molar-refractivity contribution >= 4 is 34.3 Å². The van der Waals surface area contributed by atoms with Crippen LogP contribution in [0.4, 0.5) is 11.4 Å². The number of nitrogens with one attached hydrogen (secondary N) is 1. The Morgan fingerprint density at radius 2 is 2.17 bits per heavy atom. The maximum Gasteiger partial charge on any atom is 0.183 e. The van der Waals surface area contributed by atoms with Gasteiger partial charge in [-0.3, -0.25) is 0 Å². The van der Waals surface area contributed by atoms with Gasteiger partial charge in [0.1, 0.15) is 0 Å². The van der Waals surface area contributed by atoms with Crippen molar-refractivity contribution in [3.05, 3.63) is 39.3 Å². The summed E-state index contributed by atoms with van der Waals surface area (Å²) in [4.78, 5) is 7.26. The van der Waals surface area contributed by atoms with Crippen LogP contribution in [0.5, 0.6) is 0 Å². The first-order valence-electron chi connectivity index (χ1n) is 5.68. The lowest BCUT2D eigenvalue weighted by Gasteiger charge is -2.16. The molecular weight excluding hydrogens is 266 g/mol. The van der Waals surface area contributed by atoms with Crippen LogP contribution in [0.2, 0.25) is 4.47 Å². The second-order valence-corrected chi connectivity index (χ2v) is 6.02. The summed E-state index contributed by atoms with van der Waals surface area (Å²) in [7, 11) is 4.08. The van der Waals surface area contributed by atoms with Gasteiger partial charge in [0.15, 0.2) is 4.47 Å². The molecule has 5 heteroatoms. The molecule has 0 amide bonds. The maximum atomic E-state index is 5.81. The molecule has 96 valence electrons. The highest BCUT2D eigenvalue weighted by Gasteiger charge is 2.03. The highest BCUT2D eigenvalue weighted by atomic mass is 35.5. The summed E-state index contributed by atoms with van der Waals surface area (Å²) in [5.74, 6) is 0. The Hall–Kier alpha value is -1.26. The van der Waals surface area contributed by atoms with Crippen molar-refractivity contribution in [2.75, 3.05) is 24.3 Å². The van der Waals surface area contributed by atoms with Crippen LogP contribution in [0.3, 0.4) is 0 Å². The standard InChI is InChI=1S/C13H16ClN3S/c1-9-4-5-10(17(2)3)6-12(9)15-7-11-8-16-13(14)18-11/h4-6,8,15H,7H2,1-3H3. The number of aryl methyl sites for hydroxylation is 1. The summed E-state index contributed by atoms with van der Waals surface area (Å²) in [5.41, 5.74) is 3.56. The molecule has 0 saturated carbocycles. The zero-order chi connectivity index (χ0) is 13.1. The van der Waals surface area contributed by atoms with Crippen LogP contribution in [0.1, 0.15) is 10.4 Å². The molecule has 0 unspecified atom stereocenters. The van der Waals surface area contributed by atoms with Gasteiger partial charge in [-0.05, 0) is 24.6 Å². The van der Waals surface area contributed by atoms with Crippen LogP contribution in [-0.4, -0.2) is 19.1 Å². The van der Waals surface area contributed by atoms with Gasteiger partial charge in [0.05, 0.1) is 6.54 Å². The second-order valence-electron chi connectivity index (χ2n) is 4.33. The maximum absolute atomic E-state index is 5.81. The van der Waals surface area contributed by atoms with Gasteiger partial charge in [0, 0.05) is 36.5 Å². The van der Waals surface area contributed by atoms with E-state index in [-0.39, 0.29) is 0 Å². The number of thiazole rings is 1. The predicted octanol–water partition coefficient (Wildman–Crippen LogP) is 3.78. The third kappa shape index (κ3) is 3.15. The second kappa shape index (κ2) is 5.59. The van der Waals surface area contributed by atoms with Gasteiger partial charge in [-0.2, -0.15) is 0 Å².